The van der Waals surface area contributed by atoms with E-state index in [2.05, 4.69) is 15.4 Å². The molecule has 2 aromatic carbocycles. The molecule has 7 nitrogen and oxygen atoms in total. The minimum absolute atomic E-state index is 0.129. The van der Waals surface area contributed by atoms with Crippen LogP contribution in [0.5, 0.6) is 0 Å². The molecule has 246 valence electrons. The van der Waals surface area contributed by atoms with Gasteiger partial charge in [0.15, 0.2) is 5.69 Å². The maximum Gasteiger partial charge on any atom is 0.435 e. The first-order valence-electron chi connectivity index (χ1n) is 15.0. The largest absolute Gasteiger partial charge is 0.435 e. The third kappa shape index (κ3) is 5.44. The van der Waals surface area contributed by atoms with Gasteiger partial charge in [0.25, 0.3) is 5.91 Å². The van der Waals surface area contributed by atoms with E-state index in [-0.39, 0.29) is 34.7 Å². The monoisotopic (exact) mass is 655 g/mol. The number of primary amides is 1. The molecule has 0 spiro atoms. The van der Waals surface area contributed by atoms with Crippen LogP contribution in [0.2, 0.25) is 0 Å². The molecule has 13 heteroatoms. The Morgan fingerprint density at radius 3 is 2.43 bits per heavy atom. The Labute approximate surface area is 266 Å². The lowest BCUT2D eigenvalue weighted by Crippen LogP contribution is -2.37. The van der Waals surface area contributed by atoms with E-state index >= 15 is 0 Å². The van der Waals surface area contributed by atoms with Crippen LogP contribution in [-0.2, 0) is 29.4 Å². The number of aromatic nitrogens is 3. The van der Waals surface area contributed by atoms with Crippen molar-refractivity contribution in [2.45, 2.75) is 70.1 Å². The van der Waals surface area contributed by atoms with Crippen LogP contribution in [-0.4, -0.2) is 26.6 Å². The van der Waals surface area contributed by atoms with Crippen LogP contribution in [0.1, 0.15) is 84.1 Å². The number of nitrogens with one attached hydrogen (secondary N) is 1. The van der Waals surface area contributed by atoms with Crippen molar-refractivity contribution in [3.8, 4) is 11.1 Å². The number of nitrogens with two attached hydrogens (primary N) is 1. The van der Waals surface area contributed by atoms with Crippen molar-refractivity contribution < 1.29 is 35.9 Å². The van der Waals surface area contributed by atoms with E-state index in [1.165, 1.54) is 18.3 Å². The van der Waals surface area contributed by atoms with Crippen molar-refractivity contribution in [1.29, 1.82) is 0 Å². The molecule has 47 heavy (non-hydrogen) atoms. The Morgan fingerprint density at radius 2 is 1.77 bits per heavy atom. The second kappa shape index (κ2) is 11.2. The standard InChI is InChI=1S/C34H31F6N5O2/c1-32(2)23-8-9-33(32,3)30-27(23)29(34(38,39)40)44-45(30)16-26(46)43-25(13-17-11-19(35)15-20(36)12-17)28-21(5-4-10-42-28)18-6-7-24(37)22(14-18)31(41)47/h4-7,10-12,14-15,23,25H,8-9,13,16H2,1-3H3,(H2,41,47)(H,43,46)/t23?,25-,33?/m0/s1. The molecule has 2 aromatic heterocycles. The van der Waals surface area contributed by atoms with Gasteiger partial charge in [0.1, 0.15) is 24.0 Å². The summed E-state index contributed by atoms with van der Waals surface area (Å²) < 4.78 is 86.6. The van der Waals surface area contributed by atoms with Gasteiger partial charge in [0.05, 0.1) is 17.3 Å². The summed E-state index contributed by atoms with van der Waals surface area (Å²) in [7, 11) is 0. The molecular formula is C34H31F6N5O2. The van der Waals surface area contributed by atoms with Gasteiger partial charge in [-0.05, 0) is 72.1 Å². The number of amides is 2. The number of nitrogens with zero attached hydrogens (tertiary/aromatic N) is 3. The highest BCUT2D eigenvalue weighted by Crippen LogP contribution is 2.69. The summed E-state index contributed by atoms with van der Waals surface area (Å²) in [5, 5.41) is 6.71. The van der Waals surface area contributed by atoms with Gasteiger partial charge in [-0.25, -0.2) is 13.2 Å². The van der Waals surface area contributed by atoms with Crippen molar-refractivity contribution >= 4 is 11.8 Å². The van der Waals surface area contributed by atoms with Crippen molar-refractivity contribution in [2.24, 2.45) is 11.1 Å². The molecule has 2 unspecified atom stereocenters. The van der Waals surface area contributed by atoms with Gasteiger partial charge in [0, 0.05) is 34.5 Å². The second-order valence-corrected chi connectivity index (χ2v) is 13.0. The van der Waals surface area contributed by atoms with Crippen molar-refractivity contribution in [3.63, 3.8) is 0 Å². The van der Waals surface area contributed by atoms with E-state index in [4.69, 9.17) is 5.73 Å². The fourth-order valence-corrected chi connectivity index (χ4v) is 7.52. The molecule has 0 radical (unpaired) electrons. The number of hydrogen-bond acceptors (Lipinski definition) is 4. The van der Waals surface area contributed by atoms with Crippen LogP contribution < -0.4 is 11.1 Å². The van der Waals surface area contributed by atoms with E-state index in [1.807, 2.05) is 20.8 Å². The molecule has 2 bridgehead atoms. The zero-order valence-electron chi connectivity index (χ0n) is 25.7. The number of carbonyl (C=O) groups excluding carboxylic acids is 2. The van der Waals surface area contributed by atoms with Gasteiger partial charge < -0.3 is 11.1 Å². The predicted octanol–water partition coefficient (Wildman–Crippen LogP) is 6.76. The molecular weight excluding hydrogens is 624 g/mol. The molecule has 3 atom stereocenters. The molecule has 2 amide bonds. The van der Waals surface area contributed by atoms with E-state index in [0.29, 0.717) is 35.7 Å². The molecule has 4 aromatic rings. The Balaban J connectivity index is 1.40. The van der Waals surface area contributed by atoms with E-state index in [0.717, 1.165) is 22.9 Å². The SMILES string of the molecule is CC12CCC(c3c(C(F)(F)F)nn(CC(=O)N[C@@H](Cc4cc(F)cc(F)c4)c4ncccc4-c4ccc(F)c(C(N)=O)c4)c31)C2(C)C. The maximum atomic E-state index is 14.3. The van der Waals surface area contributed by atoms with Crippen molar-refractivity contribution in [3.05, 3.63) is 106 Å². The van der Waals surface area contributed by atoms with Crippen LogP contribution in [0.3, 0.4) is 0 Å². The zero-order chi connectivity index (χ0) is 34.1. The van der Waals surface area contributed by atoms with E-state index < -0.39 is 64.6 Å². The second-order valence-electron chi connectivity index (χ2n) is 13.0. The third-order valence-corrected chi connectivity index (χ3v) is 10.1. The maximum absolute atomic E-state index is 14.3. The number of rotatable bonds is 8. The zero-order valence-corrected chi connectivity index (χ0v) is 25.7. The summed E-state index contributed by atoms with van der Waals surface area (Å²) in [5.41, 5.74) is 4.35. The van der Waals surface area contributed by atoms with Gasteiger partial charge in [-0.2, -0.15) is 18.3 Å². The number of hydrogen-bond donors (Lipinski definition) is 2. The van der Waals surface area contributed by atoms with Gasteiger partial charge in [0.2, 0.25) is 5.91 Å². The van der Waals surface area contributed by atoms with E-state index in [9.17, 15) is 35.9 Å². The van der Waals surface area contributed by atoms with Gasteiger partial charge >= 0.3 is 6.18 Å². The average Bonchev–Trinajstić information content (AvgIpc) is 3.52. The summed E-state index contributed by atoms with van der Waals surface area (Å²) in [4.78, 5) is 30.0. The van der Waals surface area contributed by atoms with Gasteiger partial charge in [-0.15, -0.1) is 0 Å². The Bertz CT molecular complexity index is 1900. The molecule has 2 aliphatic rings. The quantitative estimate of drug-likeness (QED) is 0.205. The Kier molecular flexibility index (Phi) is 7.71. The summed E-state index contributed by atoms with van der Waals surface area (Å²) in [6.07, 6.45) is -2.27. The van der Waals surface area contributed by atoms with Gasteiger partial charge in [-0.3, -0.25) is 19.3 Å². The van der Waals surface area contributed by atoms with Crippen LogP contribution in [0.25, 0.3) is 11.1 Å². The first kappa shape index (κ1) is 32.3. The Morgan fingerprint density at radius 1 is 1.06 bits per heavy atom. The molecule has 1 fully saturated rings. The molecule has 6 rings (SSSR count). The smallest absolute Gasteiger partial charge is 0.366 e. The molecule has 3 N–H and O–H groups in total. The number of halogens is 6. The molecule has 2 heterocycles. The fourth-order valence-electron chi connectivity index (χ4n) is 7.52. The van der Waals surface area contributed by atoms with Gasteiger partial charge in [-0.1, -0.05) is 32.9 Å². The summed E-state index contributed by atoms with van der Waals surface area (Å²) in [6, 6.07) is 8.61. The van der Waals surface area contributed by atoms with E-state index in [1.54, 1.807) is 12.1 Å². The Hall–Kier alpha value is -4.68. The first-order chi connectivity index (χ1) is 22.0. The summed E-state index contributed by atoms with van der Waals surface area (Å²) in [6.45, 7) is 5.21. The highest BCUT2D eigenvalue weighted by atomic mass is 19.4. The lowest BCUT2D eigenvalue weighted by molar-refractivity contribution is -0.142. The fraction of sp³-hybridized carbons (Fsp3) is 0.353. The summed E-state index contributed by atoms with van der Waals surface area (Å²) >= 11 is 0. The third-order valence-electron chi connectivity index (χ3n) is 10.1. The number of benzene rings is 2. The molecule has 0 saturated heterocycles. The highest BCUT2D eigenvalue weighted by Gasteiger charge is 2.64. The highest BCUT2D eigenvalue weighted by molar-refractivity contribution is 5.94. The minimum Gasteiger partial charge on any atom is -0.366 e. The van der Waals surface area contributed by atoms with Crippen LogP contribution in [0.15, 0.2) is 54.7 Å². The molecule has 0 aliphatic heterocycles. The average molecular weight is 656 g/mol. The van der Waals surface area contributed by atoms with Crippen molar-refractivity contribution in [2.75, 3.05) is 0 Å². The van der Waals surface area contributed by atoms with Crippen LogP contribution in [0.4, 0.5) is 26.3 Å². The first-order valence-corrected chi connectivity index (χ1v) is 15.0. The number of pyridine rings is 1. The number of carbonyl (C=O) groups is 2. The predicted molar refractivity (Wildman–Crippen MR) is 159 cm³/mol. The van der Waals surface area contributed by atoms with Crippen molar-refractivity contribution in [1.82, 2.24) is 20.1 Å². The molecule has 1 saturated carbocycles. The summed E-state index contributed by atoms with van der Waals surface area (Å²) in [5.74, 6) is -4.65. The topological polar surface area (TPSA) is 103 Å². The lowest BCUT2D eigenvalue weighted by atomic mass is 9.70. The molecule has 2 aliphatic carbocycles. The normalized spacial score (nSPS) is 20.2. The lowest BCUT2D eigenvalue weighted by Gasteiger charge is -2.35. The minimum atomic E-state index is -4.73. The van der Waals surface area contributed by atoms with Crippen LogP contribution >= 0.6 is 0 Å². The number of fused-ring (bicyclic) bond motifs is 5. The van der Waals surface area contributed by atoms with Crippen LogP contribution in [0, 0.1) is 22.9 Å². The number of alkyl halides is 3.